The third-order valence-electron chi connectivity index (χ3n) is 4.69. The molecule has 0 aromatic heterocycles. The van der Waals surface area contributed by atoms with E-state index in [9.17, 15) is 5.11 Å². The average molecular weight is 168 g/mol. The highest BCUT2D eigenvalue weighted by Gasteiger charge is 2.73. The predicted molar refractivity (Wildman–Crippen MR) is 44.7 cm³/mol. The van der Waals surface area contributed by atoms with E-state index in [0.29, 0.717) is 17.3 Å². The van der Waals surface area contributed by atoms with Crippen molar-refractivity contribution in [2.24, 2.45) is 17.3 Å². The van der Waals surface area contributed by atoms with Gasteiger partial charge in [-0.15, -0.1) is 0 Å². The second kappa shape index (κ2) is 1.73. The molecular formula is C10H16O2. The van der Waals surface area contributed by atoms with Crippen molar-refractivity contribution in [3.63, 3.8) is 0 Å². The summed E-state index contributed by atoms with van der Waals surface area (Å²) in [5.41, 5.74) is 0.395. The van der Waals surface area contributed by atoms with Crippen molar-refractivity contribution in [2.75, 3.05) is 6.61 Å². The van der Waals surface area contributed by atoms with Gasteiger partial charge in [-0.2, -0.15) is 0 Å². The smallest absolute Gasteiger partial charge is 0.102 e. The van der Waals surface area contributed by atoms with Crippen LogP contribution in [0.5, 0.6) is 0 Å². The number of hydrogen-bond acceptors (Lipinski definition) is 2. The van der Waals surface area contributed by atoms with Crippen LogP contribution in [-0.4, -0.2) is 23.4 Å². The Labute approximate surface area is 72.9 Å². The van der Waals surface area contributed by atoms with Gasteiger partial charge in [-0.05, 0) is 24.2 Å². The summed E-state index contributed by atoms with van der Waals surface area (Å²) in [5, 5.41) is 9.75. The first-order chi connectivity index (χ1) is 5.58. The molecule has 2 heteroatoms. The SMILES string of the molecule is CC1(C)[C@H]2C[C@@H](O)[C@H](C2)[C@]12CO2. The van der Waals surface area contributed by atoms with Crippen LogP contribution in [0.4, 0.5) is 0 Å². The van der Waals surface area contributed by atoms with Gasteiger partial charge in [0.15, 0.2) is 0 Å². The zero-order valence-corrected chi connectivity index (χ0v) is 7.71. The molecule has 2 nitrogen and oxygen atoms in total. The second-order valence-corrected chi connectivity index (χ2v) is 5.24. The highest BCUT2D eigenvalue weighted by atomic mass is 16.6. The van der Waals surface area contributed by atoms with E-state index in [1.807, 2.05) is 0 Å². The molecule has 0 radical (unpaired) electrons. The molecule has 1 N–H and O–H groups in total. The fourth-order valence-corrected chi connectivity index (χ4v) is 3.59. The topological polar surface area (TPSA) is 32.8 Å². The molecule has 0 aromatic carbocycles. The maximum atomic E-state index is 9.75. The predicted octanol–water partition coefficient (Wildman–Crippen LogP) is 1.18. The van der Waals surface area contributed by atoms with Gasteiger partial charge in [0.1, 0.15) is 5.60 Å². The lowest BCUT2D eigenvalue weighted by Gasteiger charge is -2.38. The molecule has 0 aromatic rings. The van der Waals surface area contributed by atoms with Crippen molar-refractivity contribution >= 4 is 0 Å². The molecule has 3 aliphatic rings. The van der Waals surface area contributed by atoms with Gasteiger partial charge in [0, 0.05) is 5.92 Å². The van der Waals surface area contributed by atoms with E-state index < -0.39 is 0 Å². The fraction of sp³-hybridized carbons (Fsp3) is 1.00. The second-order valence-electron chi connectivity index (χ2n) is 5.24. The summed E-state index contributed by atoms with van der Waals surface area (Å²) in [4.78, 5) is 0. The zero-order chi connectivity index (χ0) is 8.56. The van der Waals surface area contributed by atoms with Crippen molar-refractivity contribution in [1.29, 1.82) is 0 Å². The van der Waals surface area contributed by atoms with Crippen molar-refractivity contribution < 1.29 is 9.84 Å². The van der Waals surface area contributed by atoms with Crippen LogP contribution in [0.2, 0.25) is 0 Å². The third kappa shape index (κ3) is 0.549. The zero-order valence-electron chi connectivity index (χ0n) is 7.71. The molecule has 3 fully saturated rings. The Kier molecular flexibility index (Phi) is 1.06. The van der Waals surface area contributed by atoms with Crippen LogP contribution in [0.25, 0.3) is 0 Å². The van der Waals surface area contributed by atoms with Crippen LogP contribution >= 0.6 is 0 Å². The van der Waals surface area contributed by atoms with Gasteiger partial charge in [-0.3, -0.25) is 0 Å². The molecular weight excluding hydrogens is 152 g/mol. The number of ether oxygens (including phenoxy) is 1. The molecule has 3 rings (SSSR count). The van der Waals surface area contributed by atoms with Crippen molar-refractivity contribution in [2.45, 2.75) is 38.4 Å². The Morgan fingerprint density at radius 2 is 2.00 bits per heavy atom. The molecule has 2 saturated carbocycles. The lowest BCUT2D eigenvalue weighted by Crippen LogP contribution is -2.44. The van der Waals surface area contributed by atoms with E-state index in [1.54, 1.807) is 0 Å². The summed E-state index contributed by atoms with van der Waals surface area (Å²) in [5.74, 6) is 1.14. The van der Waals surface area contributed by atoms with E-state index in [4.69, 9.17) is 4.74 Å². The molecule has 2 bridgehead atoms. The molecule has 12 heavy (non-hydrogen) atoms. The summed E-state index contributed by atoms with van der Waals surface area (Å²) in [6, 6.07) is 0. The van der Waals surface area contributed by atoms with Gasteiger partial charge < -0.3 is 9.84 Å². The summed E-state index contributed by atoms with van der Waals surface area (Å²) in [6.45, 7) is 5.49. The summed E-state index contributed by atoms with van der Waals surface area (Å²) < 4.78 is 5.62. The lowest BCUT2D eigenvalue weighted by atomic mass is 9.68. The Hall–Kier alpha value is -0.0800. The quantitative estimate of drug-likeness (QED) is 0.551. The first kappa shape index (κ1) is 7.34. The highest BCUT2D eigenvalue weighted by Crippen LogP contribution is 2.67. The van der Waals surface area contributed by atoms with E-state index in [0.717, 1.165) is 13.0 Å². The fourth-order valence-electron chi connectivity index (χ4n) is 3.59. The number of fused-ring (bicyclic) bond motifs is 3. The average Bonchev–Trinajstić information content (AvgIpc) is 2.65. The first-order valence-corrected chi connectivity index (χ1v) is 4.90. The maximum absolute atomic E-state index is 9.75. The monoisotopic (exact) mass is 168 g/mol. The van der Waals surface area contributed by atoms with Crippen LogP contribution in [0, 0.1) is 17.3 Å². The van der Waals surface area contributed by atoms with Crippen LogP contribution in [0.1, 0.15) is 26.7 Å². The number of hydrogen-bond donors (Lipinski definition) is 1. The van der Waals surface area contributed by atoms with Crippen molar-refractivity contribution in [1.82, 2.24) is 0 Å². The van der Waals surface area contributed by atoms with E-state index >= 15 is 0 Å². The minimum Gasteiger partial charge on any atom is -0.393 e. The Morgan fingerprint density at radius 1 is 1.33 bits per heavy atom. The standard InChI is InChI=1S/C10H16O2/c1-9(2)6-3-7(8(11)4-6)10(9)5-12-10/h6-8,11H,3-5H2,1-2H3/t6-,7+,8-,10-/m1/s1. The molecule has 1 heterocycles. The van der Waals surface area contributed by atoms with Gasteiger partial charge in [-0.25, -0.2) is 0 Å². The summed E-state index contributed by atoms with van der Waals surface area (Å²) >= 11 is 0. The molecule has 4 atom stereocenters. The first-order valence-electron chi connectivity index (χ1n) is 4.90. The minimum atomic E-state index is -0.0782. The van der Waals surface area contributed by atoms with Gasteiger partial charge in [0.25, 0.3) is 0 Å². The van der Waals surface area contributed by atoms with Gasteiger partial charge in [0.2, 0.25) is 0 Å². The highest BCUT2D eigenvalue weighted by molar-refractivity contribution is 5.21. The summed E-state index contributed by atoms with van der Waals surface area (Å²) in [6.07, 6.45) is 2.11. The molecule has 0 amide bonds. The Balaban J connectivity index is 2.03. The Morgan fingerprint density at radius 3 is 2.42 bits per heavy atom. The number of aliphatic hydroxyl groups excluding tert-OH is 1. The molecule has 1 aliphatic heterocycles. The lowest BCUT2D eigenvalue weighted by molar-refractivity contribution is -0.00753. The number of aliphatic hydroxyl groups is 1. The molecule has 1 saturated heterocycles. The van der Waals surface area contributed by atoms with Crippen LogP contribution in [0.3, 0.4) is 0 Å². The van der Waals surface area contributed by atoms with Gasteiger partial charge >= 0.3 is 0 Å². The van der Waals surface area contributed by atoms with Crippen LogP contribution < -0.4 is 0 Å². The van der Waals surface area contributed by atoms with E-state index in [1.165, 1.54) is 6.42 Å². The van der Waals surface area contributed by atoms with Crippen LogP contribution in [0.15, 0.2) is 0 Å². The third-order valence-corrected chi connectivity index (χ3v) is 4.69. The maximum Gasteiger partial charge on any atom is 0.102 e. The normalized spacial score (nSPS) is 59.8. The summed E-state index contributed by atoms with van der Waals surface area (Å²) in [7, 11) is 0. The molecule has 68 valence electrons. The van der Waals surface area contributed by atoms with Crippen molar-refractivity contribution in [3.05, 3.63) is 0 Å². The van der Waals surface area contributed by atoms with E-state index in [2.05, 4.69) is 13.8 Å². The number of rotatable bonds is 0. The minimum absolute atomic E-state index is 0.0782. The largest absolute Gasteiger partial charge is 0.393 e. The van der Waals surface area contributed by atoms with Crippen molar-refractivity contribution in [3.8, 4) is 0 Å². The Bertz CT molecular complexity index is 230. The van der Waals surface area contributed by atoms with Gasteiger partial charge in [-0.1, -0.05) is 13.8 Å². The van der Waals surface area contributed by atoms with E-state index in [-0.39, 0.29) is 11.7 Å². The van der Waals surface area contributed by atoms with Gasteiger partial charge in [0.05, 0.1) is 12.7 Å². The molecule has 2 aliphatic carbocycles. The van der Waals surface area contributed by atoms with Crippen LogP contribution in [-0.2, 0) is 4.74 Å². The molecule has 0 unspecified atom stereocenters. The number of epoxide rings is 1. The molecule has 1 spiro atoms.